The van der Waals surface area contributed by atoms with Gasteiger partial charge in [-0.15, -0.1) is 0 Å². The van der Waals surface area contributed by atoms with E-state index < -0.39 is 5.60 Å². The molecule has 1 saturated heterocycles. The van der Waals surface area contributed by atoms with Crippen LogP contribution in [0.5, 0.6) is 0 Å². The van der Waals surface area contributed by atoms with Crippen LogP contribution >= 0.6 is 15.9 Å². The van der Waals surface area contributed by atoms with Crippen LogP contribution in [0.25, 0.3) is 0 Å². The van der Waals surface area contributed by atoms with E-state index in [2.05, 4.69) is 15.9 Å². The number of halogens is 1. The van der Waals surface area contributed by atoms with Gasteiger partial charge in [-0.25, -0.2) is 0 Å². The molecular weight excluding hydrogens is 270 g/mol. The highest BCUT2D eigenvalue weighted by Crippen LogP contribution is 2.33. The zero-order valence-corrected chi connectivity index (χ0v) is 10.7. The summed E-state index contributed by atoms with van der Waals surface area (Å²) in [6.45, 7) is 0.717. The molecule has 1 heterocycles. The molecule has 2 rings (SSSR count). The summed E-state index contributed by atoms with van der Waals surface area (Å²) >= 11 is 3.35. The van der Waals surface area contributed by atoms with E-state index in [-0.39, 0.29) is 5.91 Å². The minimum Gasteiger partial charge on any atom is -0.375 e. The maximum Gasteiger partial charge on any atom is 0.258 e. The third-order valence-corrected chi connectivity index (χ3v) is 3.53. The number of carbonyl (C=O) groups excluding carboxylic acids is 1. The summed E-state index contributed by atoms with van der Waals surface area (Å²) in [6.07, 6.45) is 1.32. The van der Waals surface area contributed by atoms with Gasteiger partial charge in [-0.3, -0.25) is 4.79 Å². The fourth-order valence-electron chi connectivity index (χ4n) is 2.11. The van der Waals surface area contributed by atoms with Crippen molar-refractivity contribution in [1.29, 1.82) is 0 Å². The van der Waals surface area contributed by atoms with E-state index in [9.17, 15) is 9.90 Å². The molecule has 1 amide bonds. The van der Waals surface area contributed by atoms with Crippen LogP contribution in [0.4, 0.5) is 0 Å². The molecule has 86 valence electrons. The zero-order chi connectivity index (χ0) is 11.8. The van der Waals surface area contributed by atoms with Crippen molar-refractivity contribution >= 4 is 21.8 Å². The third-order valence-electron chi connectivity index (χ3n) is 3.03. The number of amides is 1. The number of hydrogen-bond acceptors (Lipinski definition) is 2. The number of aliphatic hydroxyl groups is 1. The molecule has 1 aromatic carbocycles. The van der Waals surface area contributed by atoms with E-state index in [1.807, 2.05) is 12.1 Å². The summed E-state index contributed by atoms with van der Waals surface area (Å²) in [5, 5.41) is 10.5. The standard InChI is InChI=1S/C12H14BrNO2/c1-14-7-3-6-12(16,11(14)15)9-4-2-5-10(13)8-9/h2,4-5,8,16H,3,6-7H2,1H3/t12-/m0/s1. The lowest BCUT2D eigenvalue weighted by molar-refractivity contribution is -0.156. The van der Waals surface area contributed by atoms with Crippen molar-refractivity contribution < 1.29 is 9.90 Å². The Labute approximate surface area is 103 Å². The molecule has 1 N–H and O–H groups in total. The summed E-state index contributed by atoms with van der Waals surface area (Å²) < 4.78 is 0.874. The van der Waals surface area contributed by atoms with Gasteiger partial charge in [-0.1, -0.05) is 28.1 Å². The van der Waals surface area contributed by atoms with E-state index in [1.54, 1.807) is 24.1 Å². The Morgan fingerprint density at radius 2 is 2.25 bits per heavy atom. The Bertz CT molecular complexity index is 421. The Morgan fingerprint density at radius 1 is 1.50 bits per heavy atom. The second-order valence-electron chi connectivity index (χ2n) is 4.20. The van der Waals surface area contributed by atoms with E-state index in [0.717, 1.165) is 17.4 Å². The van der Waals surface area contributed by atoms with Gasteiger partial charge in [0.05, 0.1) is 0 Å². The number of likely N-dealkylation sites (tertiary alicyclic amines) is 1. The smallest absolute Gasteiger partial charge is 0.258 e. The average molecular weight is 284 g/mol. The molecule has 1 aromatic rings. The quantitative estimate of drug-likeness (QED) is 0.855. The van der Waals surface area contributed by atoms with Crippen LogP contribution in [0.2, 0.25) is 0 Å². The number of benzene rings is 1. The molecule has 0 aromatic heterocycles. The summed E-state index contributed by atoms with van der Waals surface area (Å²) in [5.74, 6) is -0.211. The van der Waals surface area contributed by atoms with Crippen LogP contribution in [0.15, 0.2) is 28.7 Å². The number of nitrogens with zero attached hydrogens (tertiary/aromatic N) is 1. The minimum atomic E-state index is -1.35. The first kappa shape index (κ1) is 11.6. The Hall–Kier alpha value is -0.870. The molecule has 0 bridgehead atoms. The van der Waals surface area contributed by atoms with Gasteiger partial charge in [0.25, 0.3) is 5.91 Å². The minimum absolute atomic E-state index is 0.211. The molecule has 0 saturated carbocycles. The summed E-state index contributed by atoms with van der Waals surface area (Å²) in [5.41, 5.74) is -0.685. The molecule has 0 unspecified atom stereocenters. The summed E-state index contributed by atoms with van der Waals surface area (Å²) in [6, 6.07) is 7.31. The zero-order valence-electron chi connectivity index (χ0n) is 9.11. The highest BCUT2D eigenvalue weighted by molar-refractivity contribution is 9.10. The van der Waals surface area contributed by atoms with Gasteiger partial charge in [0.1, 0.15) is 0 Å². The highest BCUT2D eigenvalue weighted by Gasteiger charge is 2.42. The molecule has 1 atom stereocenters. The Balaban J connectivity index is 2.41. The number of hydrogen-bond donors (Lipinski definition) is 1. The molecule has 0 radical (unpaired) electrons. The lowest BCUT2D eigenvalue weighted by Crippen LogP contribution is -2.49. The van der Waals surface area contributed by atoms with Crippen LogP contribution in [0.1, 0.15) is 18.4 Å². The van der Waals surface area contributed by atoms with Gasteiger partial charge in [-0.2, -0.15) is 0 Å². The first-order valence-electron chi connectivity index (χ1n) is 5.28. The van der Waals surface area contributed by atoms with Gasteiger partial charge < -0.3 is 10.0 Å². The molecule has 4 heteroatoms. The highest BCUT2D eigenvalue weighted by atomic mass is 79.9. The molecular formula is C12H14BrNO2. The molecule has 1 aliphatic heterocycles. The van der Waals surface area contributed by atoms with Crippen molar-refractivity contribution in [3.05, 3.63) is 34.3 Å². The van der Waals surface area contributed by atoms with Crippen LogP contribution in [0, 0.1) is 0 Å². The lowest BCUT2D eigenvalue weighted by atomic mass is 9.85. The largest absolute Gasteiger partial charge is 0.375 e. The topological polar surface area (TPSA) is 40.5 Å². The number of likely N-dealkylation sites (N-methyl/N-ethyl adjacent to an activating group) is 1. The summed E-state index contributed by atoms with van der Waals surface area (Å²) in [7, 11) is 1.73. The second-order valence-corrected chi connectivity index (χ2v) is 5.12. The van der Waals surface area contributed by atoms with Crippen LogP contribution in [-0.4, -0.2) is 29.5 Å². The Morgan fingerprint density at radius 3 is 2.94 bits per heavy atom. The molecule has 0 spiro atoms. The second kappa shape index (κ2) is 4.18. The molecule has 16 heavy (non-hydrogen) atoms. The van der Waals surface area contributed by atoms with Crippen LogP contribution < -0.4 is 0 Å². The normalized spacial score (nSPS) is 25.9. The molecule has 1 fully saturated rings. The van der Waals surface area contributed by atoms with Crippen molar-refractivity contribution in [2.24, 2.45) is 0 Å². The summed E-state index contributed by atoms with van der Waals surface area (Å²) in [4.78, 5) is 13.6. The monoisotopic (exact) mass is 283 g/mol. The number of piperidine rings is 1. The van der Waals surface area contributed by atoms with Crippen molar-refractivity contribution in [3.63, 3.8) is 0 Å². The fraction of sp³-hybridized carbons (Fsp3) is 0.417. The number of rotatable bonds is 1. The maximum absolute atomic E-state index is 12.0. The predicted octanol–water partition coefficient (Wildman–Crippen LogP) is 1.89. The van der Waals surface area contributed by atoms with Gasteiger partial charge in [0, 0.05) is 18.1 Å². The third kappa shape index (κ3) is 1.87. The van der Waals surface area contributed by atoms with Gasteiger partial charge >= 0.3 is 0 Å². The first-order chi connectivity index (χ1) is 7.54. The number of carbonyl (C=O) groups is 1. The molecule has 3 nitrogen and oxygen atoms in total. The Kier molecular flexibility index (Phi) is 3.04. The SMILES string of the molecule is CN1CCC[C@](O)(c2cccc(Br)c2)C1=O. The van der Waals surface area contributed by atoms with Crippen molar-refractivity contribution in [2.45, 2.75) is 18.4 Å². The van der Waals surface area contributed by atoms with Crippen molar-refractivity contribution in [1.82, 2.24) is 4.90 Å². The van der Waals surface area contributed by atoms with E-state index in [4.69, 9.17) is 0 Å². The van der Waals surface area contributed by atoms with Gasteiger partial charge in [-0.05, 0) is 30.5 Å². The van der Waals surface area contributed by atoms with Crippen LogP contribution in [0.3, 0.4) is 0 Å². The first-order valence-corrected chi connectivity index (χ1v) is 6.07. The van der Waals surface area contributed by atoms with E-state index in [0.29, 0.717) is 12.0 Å². The predicted molar refractivity (Wildman–Crippen MR) is 64.9 cm³/mol. The maximum atomic E-state index is 12.0. The van der Waals surface area contributed by atoms with Gasteiger partial charge in [0.2, 0.25) is 0 Å². The fourth-order valence-corrected chi connectivity index (χ4v) is 2.51. The van der Waals surface area contributed by atoms with Gasteiger partial charge in [0.15, 0.2) is 5.60 Å². The lowest BCUT2D eigenvalue weighted by Gasteiger charge is -2.36. The van der Waals surface area contributed by atoms with E-state index >= 15 is 0 Å². The molecule has 1 aliphatic rings. The van der Waals surface area contributed by atoms with Crippen molar-refractivity contribution in [2.75, 3.05) is 13.6 Å². The molecule has 0 aliphatic carbocycles. The average Bonchev–Trinajstić information content (AvgIpc) is 2.26. The van der Waals surface area contributed by atoms with Crippen LogP contribution in [-0.2, 0) is 10.4 Å². The van der Waals surface area contributed by atoms with E-state index in [1.165, 1.54) is 0 Å². The van der Waals surface area contributed by atoms with Crippen molar-refractivity contribution in [3.8, 4) is 0 Å².